The number of carbonyl (C=O) groups excluding carboxylic acids is 2. The molecule has 1 heterocycles. The number of aryl methyl sites for hydroxylation is 1. The minimum atomic E-state index is -0.608. The number of anilines is 2. The molecule has 5 rings (SSSR count). The van der Waals surface area contributed by atoms with Gasteiger partial charge in [-0.3, -0.25) is 19.7 Å². The highest BCUT2D eigenvalue weighted by Crippen LogP contribution is 2.38. The van der Waals surface area contributed by atoms with E-state index in [4.69, 9.17) is 0 Å². The Labute approximate surface area is 244 Å². The van der Waals surface area contributed by atoms with Crippen LogP contribution in [0.3, 0.4) is 0 Å². The van der Waals surface area contributed by atoms with Crippen molar-refractivity contribution in [2.45, 2.75) is 17.1 Å². The van der Waals surface area contributed by atoms with Crippen molar-refractivity contribution in [3.63, 3.8) is 0 Å². The minimum Gasteiger partial charge on any atom is -0.322 e. The standard InChI is InChI=1S/C31H24N4O4S2/c1-20-9-5-6-16-26(20)29(36)32-23-13-8-15-25(18-23)41-28(21-10-3-2-4-11-21)30(37)34-31-33-27(19-40-31)22-12-7-14-24(17-22)35(38)39/h2-19,28H,1H3,(H,32,36)(H,33,34,37). The van der Waals surface area contributed by atoms with Crippen molar-refractivity contribution >= 4 is 51.4 Å². The fourth-order valence-corrected chi connectivity index (χ4v) is 5.93. The third-order valence-corrected chi connectivity index (χ3v) is 8.17. The van der Waals surface area contributed by atoms with Crippen LogP contribution in [0.25, 0.3) is 11.3 Å². The van der Waals surface area contributed by atoms with Gasteiger partial charge in [-0.2, -0.15) is 0 Å². The van der Waals surface area contributed by atoms with Crippen LogP contribution in [0.2, 0.25) is 0 Å². The first-order valence-electron chi connectivity index (χ1n) is 12.6. The summed E-state index contributed by atoms with van der Waals surface area (Å²) in [5, 5.41) is 18.5. The van der Waals surface area contributed by atoms with Crippen LogP contribution in [0.5, 0.6) is 0 Å². The zero-order valence-corrected chi connectivity index (χ0v) is 23.4. The van der Waals surface area contributed by atoms with Gasteiger partial charge in [0.1, 0.15) is 5.25 Å². The summed E-state index contributed by atoms with van der Waals surface area (Å²) in [4.78, 5) is 42.4. The van der Waals surface area contributed by atoms with Crippen LogP contribution in [-0.2, 0) is 4.79 Å². The van der Waals surface area contributed by atoms with Gasteiger partial charge in [-0.05, 0) is 42.3 Å². The van der Waals surface area contributed by atoms with E-state index in [1.165, 1.54) is 35.2 Å². The zero-order chi connectivity index (χ0) is 28.8. The van der Waals surface area contributed by atoms with Crippen LogP contribution < -0.4 is 10.6 Å². The first-order valence-corrected chi connectivity index (χ1v) is 14.3. The molecule has 8 nitrogen and oxygen atoms in total. The highest BCUT2D eigenvalue weighted by molar-refractivity contribution is 8.00. The summed E-state index contributed by atoms with van der Waals surface area (Å²) in [5.41, 5.74) is 4.01. The number of benzene rings is 4. The summed E-state index contributed by atoms with van der Waals surface area (Å²) in [6.07, 6.45) is 0. The predicted octanol–water partition coefficient (Wildman–Crippen LogP) is 7.75. The first-order chi connectivity index (χ1) is 19.9. The van der Waals surface area contributed by atoms with E-state index in [0.717, 1.165) is 16.0 Å². The topological polar surface area (TPSA) is 114 Å². The molecule has 1 atom stereocenters. The number of thiazole rings is 1. The van der Waals surface area contributed by atoms with E-state index in [2.05, 4.69) is 15.6 Å². The zero-order valence-electron chi connectivity index (χ0n) is 21.8. The van der Waals surface area contributed by atoms with Crippen LogP contribution in [0.4, 0.5) is 16.5 Å². The number of carbonyl (C=O) groups is 2. The van der Waals surface area contributed by atoms with Gasteiger partial charge in [-0.1, -0.05) is 66.7 Å². The number of hydrogen-bond acceptors (Lipinski definition) is 7. The van der Waals surface area contributed by atoms with E-state index in [-0.39, 0.29) is 17.5 Å². The van der Waals surface area contributed by atoms with Gasteiger partial charge >= 0.3 is 0 Å². The molecule has 0 spiro atoms. The van der Waals surface area contributed by atoms with Crippen molar-refractivity contribution in [3.05, 3.63) is 135 Å². The lowest BCUT2D eigenvalue weighted by Crippen LogP contribution is -2.19. The number of nitrogens with one attached hydrogen (secondary N) is 2. The normalized spacial score (nSPS) is 11.4. The average Bonchev–Trinajstić information content (AvgIpc) is 3.45. The van der Waals surface area contributed by atoms with Gasteiger partial charge in [0.05, 0.1) is 10.6 Å². The smallest absolute Gasteiger partial charge is 0.270 e. The molecule has 0 saturated carbocycles. The van der Waals surface area contributed by atoms with E-state index >= 15 is 0 Å². The Balaban J connectivity index is 1.34. The largest absolute Gasteiger partial charge is 0.322 e. The molecule has 1 unspecified atom stereocenters. The van der Waals surface area contributed by atoms with Crippen molar-refractivity contribution < 1.29 is 14.5 Å². The number of thioether (sulfide) groups is 1. The molecule has 0 aliphatic rings. The number of non-ortho nitro benzene ring substituents is 1. The Bertz CT molecular complexity index is 1720. The number of nitro benzene ring substituents is 1. The number of aromatic nitrogens is 1. The monoisotopic (exact) mass is 580 g/mol. The Morgan fingerprint density at radius 3 is 2.44 bits per heavy atom. The molecular formula is C31H24N4O4S2. The van der Waals surface area contributed by atoms with Crippen molar-refractivity contribution in [2.24, 2.45) is 0 Å². The number of amides is 2. The van der Waals surface area contributed by atoms with Gasteiger partial charge in [-0.15, -0.1) is 23.1 Å². The molecule has 0 fully saturated rings. The van der Waals surface area contributed by atoms with E-state index in [1.54, 1.807) is 23.6 Å². The lowest BCUT2D eigenvalue weighted by molar-refractivity contribution is -0.384. The fraction of sp³-hybridized carbons (Fsp3) is 0.0645. The summed E-state index contributed by atoms with van der Waals surface area (Å²) < 4.78 is 0. The molecule has 5 aromatic rings. The van der Waals surface area contributed by atoms with Crippen LogP contribution in [0, 0.1) is 17.0 Å². The Hall–Kier alpha value is -4.80. The second-order valence-corrected chi connectivity index (χ2v) is 11.1. The molecule has 0 aliphatic heterocycles. The van der Waals surface area contributed by atoms with Gasteiger partial charge in [0, 0.05) is 39.2 Å². The molecule has 10 heteroatoms. The van der Waals surface area contributed by atoms with E-state index in [1.807, 2.05) is 79.7 Å². The second-order valence-electron chi connectivity index (χ2n) is 9.04. The van der Waals surface area contributed by atoms with Gasteiger partial charge in [-0.25, -0.2) is 4.98 Å². The lowest BCUT2D eigenvalue weighted by Gasteiger charge is -2.17. The number of hydrogen-bond donors (Lipinski definition) is 2. The molecule has 0 saturated heterocycles. The number of rotatable bonds is 9. The predicted molar refractivity (Wildman–Crippen MR) is 163 cm³/mol. The Kier molecular flexibility index (Phi) is 8.52. The molecule has 41 heavy (non-hydrogen) atoms. The van der Waals surface area contributed by atoms with Gasteiger partial charge < -0.3 is 10.6 Å². The summed E-state index contributed by atoms with van der Waals surface area (Å²) in [7, 11) is 0. The average molecular weight is 581 g/mol. The maximum atomic E-state index is 13.6. The molecule has 1 aromatic heterocycles. The van der Waals surface area contributed by atoms with E-state index in [9.17, 15) is 19.7 Å². The van der Waals surface area contributed by atoms with Gasteiger partial charge in [0.2, 0.25) is 5.91 Å². The van der Waals surface area contributed by atoms with Crippen molar-refractivity contribution in [1.82, 2.24) is 4.98 Å². The van der Waals surface area contributed by atoms with Gasteiger partial charge in [0.15, 0.2) is 5.13 Å². The molecule has 2 amide bonds. The SMILES string of the molecule is Cc1ccccc1C(=O)Nc1cccc(SC(C(=O)Nc2nc(-c3cccc([N+](=O)[O-])c3)cs2)c2ccccc2)c1. The molecule has 2 N–H and O–H groups in total. The third-order valence-electron chi connectivity index (χ3n) is 6.16. The third kappa shape index (κ3) is 6.86. The number of nitrogens with zero attached hydrogens (tertiary/aromatic N) is 2. The Morgan fingerprint density at radius 1 is 0.902 bits per heavy atom. The first kappa shape index (κ1) is 27.8. The summed E-state index contributed by atoms with van der Waals surface area (Å²) in [6, 6.07) is 30.4. The van der Waals surface area contributed by atoms with Crippen molar-refractivity contribution in [2.75, 3.05) is 10.6 Å². The second kappa shape index (κ2) is 12.6. The molecule has 0 radical (unpaired) electrons. The van der Waals surface area contributed by atoms with E-state index in [0.29, 0.717) is 27.6 Å². The van der Waals surface area contributed by atoms with Crippen molar-refractivity contribution in [1.29, 1.82) is 0 Å². The number of nitro groups is 1. The maximum Gasteiger partial charge on any atom is 0.270 e. The highest BCUT2D eigenvalue weighted by atomic mass is 32.2. The molecule has 4 aromatic carbocycles. The van der Waals surface area contributed by atoms with Crippen LogP contribution in [0.15, 0.2) is 113 Å². The minimum absolute atomic E-state index is 0.0287. The summed E-state index contributed by atoms with van der Waals surface area (Å²) >= 11 is 2.60. The van der Waals surface area contributed by atoms with Crippen LogP contribution in [0.1, 0.15) is 26.7 Å². The Morgan fingerprint density at radius 2 is 1.66 bits per heavy atom. The summed E-state index contributed by atoms with van der Waals surface area (Å²) in [5.74, 6) is -0.471. The molecule has 0 bridgehead atoms. The lowest BCUT2D eigenvalue weighted by atomic mass is 10.1. The quantitative estimate of drug-likeness (QED) is 0.105. The molecular weight excluding hydrogens is 556 g/mol. The van der Waals surface area contributed by atoms with Crippen molar-refractivity contribution in [3.8, 4) is 11.3 Å². The van der Waals surface area contributed by atoms with Gasteiger partial charge in [0.25, 0.3) is 11.6 Å². The van der Waals surface area contributed by atoms with E-state index < -0.39 is 10.2 Å². The molecule has 204 valence electrons. The highest BCUT2D eigenvalue weighted by Gasteiger charge is 2.24. The maximum absolute atomic E-state index is 13.6. The molecule has 0 aliphatic carbocycles. The van der Waals surface area contributed by atoms with Crippen LogP contribution >= 0.6 is 23.1 Å². The fourth-order valence-electron chi connectivity index (χ4n) is 4.12. The summed E-state index contributed by atoms with van der Waals surface area (Å²) in [6.45, 7) is 1.89. The van der Waals surface area contributed by atoms with Crippen LogP contribution in [-0.4, -0.2) is 21.7 Å².